The molecule has 0 unspecified atom stereocenters. The van der Waals surface area contributed by atoms with Crippen molar-refractivity contribution in [3.05, 3.63) is 33.8 Å². The standard InChI is InChI=1S/C9H7BrF3NO2/c1-14-16-8(15)5-3-2-4-6(7(5)10)9(11,12)13/h2-4,14H,1H3. The van der Waals surface area contributed by atoms with Gasteiger partial charge in [-0.25, -0.2) is 4.79 Å². The molecule has 1 aromatic carbocycles. The summed E-state index contributed by atoms with van der Waals surface area (Å²) in [5, 5.41) is 0. The van der Waals surface area contributed by atoms with E-state index in [1.807, 2.05) is 0 Å². The van der Waals surface area contributed by atoms with Gasteiger partial charge in [-0.1, -0.05) is 6.07 Å². The maximum absolute atomic E-state index is 12.5. The zero-order chi connectivity index (χ0) is 12.3. The molecule has 0 saturated carbocycles. The molecule has 0 aliphatic rings. The number of halogens is 4. The average molecular weight is 298 g/mol. The van der Waals surface area contributed by atoms with Crippen molar-refractivity contribution in [1.29, 1.82) is 0 Å². The smallest absolute Gasteiger partial charge is 0.367 e. The van der Waals surface area contributed by atoms with E-state index in [0.717, 1.165) is 12.1 Å². The van der Waals surface area contributed by atoms with Gasteiger partial charge in [0.25, 0.3) is 0 Å². The van der Waals surface area contributed by atoms with Gasteiger partial charge in [0, 0.05) is 11.5 Å². The fourth-order valence-corrected chi connectivity index (χ4v) is 1.71. The normalized spacial score (nSPS) is 11.3. The van der Waals surface area contributed by atoms with Crippen LogP contribution in [0.5, 0.6) is 0 Å². The Bertz CT molecular complexity index is 406. The Hall–Kier alpha value is -1.08. The first kappa shape index (κ1) is 13.0. The molecule has 0 bridgehead atoms. The first-order valence-corrected chi connectivity index (χ1v) is 4.91. The summed E-state index contributed by atoms with van der Waals surface area (Å²) in [7, 11) is 1.33. The molecule has 0 aliphatic heterocycles. The van der Waals surface area contributed by atoms with E-state index >= 15 is 0 Å². The van der Waals surface area contributed by atoms with E-state index in [9.17, 15) is 18.0 Å². The molecule has 1 N–H and O–H groups in total. The Morgan fingerprint density at radius 2 is 2.06 bits per heavy atom. The van der Waals surface area contributed by atoms with Gasteiger partial charge >= 0.3 is 12.1 Å². The van der Waals surface area contributed by atoms with E-state index < -0.39 is 17.7 Å². The number of carbonyl (C=O) groups excluding carboxylic acids is 1. The molecule has 0 amide bonds. The lowest BCUT2D eigenvalue weighted by molar-refractivity contribution is -0.138. The number of rotatable bonds is 2. The van der Waals surface area contributed by atoms with Crippen LogP contribution in [0.4, 0.5) is 13.2 Å². The molecule has 0 spiro atoms. The van der Waals surface area contributed by atoms with E-state index in [0.29, 0.717) is 0 Å². The highest BCUT2D eigenvalue weighted by Crippen LogP contribution is 2.36. The summed E-state index contributed by atoms with van der Waals surface area (Å²) in [4.78, 5) is 15.7. The predicted octanol–water partition coefficient (Wildman–Crippen LogP) is 2.76. The molecule has 0 heterocycles. The minimum absolute atomic E-state index is 0.191. The van der Waals surface area contributed by atoms with Crippen LogP contribution in [0.3, 0.4) is 0 Å². The first-order valence-electron chi connectivity index (χ1n) is 4.11. The van der Waals surface area contributed by atoms with E-state index in [4.69, 9.17) is 0 Å². The highest BCUT2D eigenvalue weighted by atomic mass is 79.9. The first-order chi connectivity index (χ1) is 7.38. The number of nitrogens with one attached hydrogen (secondary N) is 1. The average Bonchev–Trinajstić information content (AvgIpc) is 2.16. The Labute approximate surface area is 97.7 Å². The predicted molar refractivity (Wildman–Crippen MR) is 53.6 cm³/mol. The van der Waals surface area contributed by atoms with Gasteiger partial charge in [0.1, 0.15) is 0 Å². The van der Waals surface area contributed by atoms with Crippen molar-refractivity contribution in [3.8, 4) is 0 Å². The third-order valence-corrected chi connectivity index (χ3v) is 2.57. The molecular weight excluding hydrogens is 291 g/mol. The molecule has 3 nitrogen and oxygen atoms in total. The van der Waals surface area contributed by atoms with Crippen molar-refractivity contribution < 1.29 is 22.8 Å². The van der Waals surface area contributed by atoms with Gasteiger partial charge in [-0.2, -0.15) is 18.7 Å². The molecule has 0 radical (unpaired) electrons. The van der Waals surface area contributed by atoms with Crippen LogP contribution in [0.2, 0.25) is 0 Å². The lowest BCUT2D eigenvalue weighted by Crippen LogP contribution is -2.17. The lowest BCUT2D eigenvalue weighted by atomic mass is 10.1. The van der Waals surface area contributed by atoms with Crippen LogP contribution in [-0.2, 0) is 11.0 Å². The van der Waals surface area contributed by atoms with Gasteiger partial charge in [0.15, 0.2) is 0 Å². The number of hydroxylamine groups is 1. The molecule has 1 rings (SSSR count). The topological polar surface area (TPSA) is 38.3 Å². The number of benzene rings is 1. The quantitative estimate of drug-likeness (QED) is 0.853. The second-order valence-electron chi connectivity index (χ2n) is 2.76. The molecule has 0 atom stereocenters. The summed E-state index contributed by atoms with van der Waals surface area (Å²) >= 11 is 2.74. The van der Waals surface area contributed by atoms with E-state index in [1.165, 1.54) is 13.1 Å². The van der Waals surface area contributed by atoms with Crippen LogP contribution in [0.15, 0.2) is 22.7 Å². The molecule has 0 saturated heterocycles. The van der Waals surface area contributed by atoms with Crippen LogP contribution < -0.4 is 5.48 Å². The van der Waals surface area contributed by atoms with Gasteiger partial charge in [0.05, 0.1) is 11.1 Å². The molecule has 0 aromatic heterocycles. The monoisotopic (exact) mass is 297 g/mol. The molecule has 0 fully saturated rings. The summed E-state index contributed by atoms with van der Waals surface area (Å²) in [6.07, 6.45) is -4.52. The van der Waals surface area contributed by atoms with Crippen molar-refractivity contribution in [2.24, 2.45) is 0 Å². The highest BCUT2D eigenvalue weighted by Gasteiger charge is 2.34. The van der Waals surface area contributed by atoms with Gasteiger partial charge < -0.3 is 4.84 Å². The summed E-state index contributed by atoms with van der Waals surface area (Å²) in [5.74, 6) is -0.888. The van der Waals surface area contributed by atoms with Gasteiger partial charge in [0.2, 0.25) is 0 Å². The van der Waals surface area contributed by atoms with Crippen molar-refractivity contribution >= 4 is 21.9 Å². The summed E-state index contributed by atoms with van der Waals surface area (Å²) < 4.78 is 37.1. The van der Waals surface area contributed by atoms with Crippen molar-refractivity contribution in [1.82, 2.24) is 5.48 Å². The maximum Gasteiger partial charge on any atom is 0.417 e. The summed E-state index contributed by atoms with van der Waals surface area (Å²) in [5.41, 5.74) is 0.991. The summed E-state index contributed by atoms with van der Waals surface area (Å²) in [6.45, 7) is 0. The Morgan fingerprint density at radius 3 is 2.56 bits per heavy atom. The maximum atomic E-state index is 12.5. The van der Waals surface area contributed by atoms with Crippen molar-refractivity contribution in [2.45, 2.75) is 6.18 Å². The van der Waals surface area contributed by atoms with E-state index in [-0.39, 0.29) is 10.0 Å². The second-order valence-corrected chi connectivity index (χ2v) is 3.55. The third-order valence-electron chi connectivity index (χ3n) is 1.72. The minimum Gasteiger partial charge on any atom is -0.367 e. The lowest BCUT2D eigenvalue weighted by Gasteiger charge is -2.11. The summed E-state index contributed by atoms with van der Waals surface area (Å²) in [6, 6.07) is 3.25. The van der Waals surface area contributed by atoms with Gasteiger partial charge in [-0.05, 0) is 28.1 Å². The largest absolute Gasteiger partial charge is 0.417 e. The number of alkyl halides is 3. The van der Waals surface area contributed by atoms with Crippen molar-refractivity contribution in [2.75, 3.05) is 7.05 Å². The van der Waals surface area contributed by atoms with Gasteiger partial charge in [-0.15, -0.1) is 0 Å². The molecule has 7 heteroatoms. The van der Waals surface area contributed by atoms with Crippen molar-refractivity contribution in [3.63, 3.8) is 0 Å². The zero-order valence-corrected chi connectivity index (χ0v) is 9.65. The zero-order valence-electron chi connectivity index (χ0n) is 8.06. The number of carbonyl (C=O) groups is 1. The molecular formula is C9H7BrF3NO2. The SMILES string of the molecule is CNOC(=O)c1cccc(C(F)(F)F)c1Br. The second kappa shape index (κ2) is 4.84. The fourth-order valence-electron chi connectivity index (χ4n) is 1.06. The highest BCUT2D eigenvalue weighted by molar-refractivity contribution is 9.10. The fraction of sp³-hybridized carbons (Fsp3) is 0.222. The molecule has 1 aromatic rings. The molecule has 88 valence electrons. The van der Waals surface area contributed by atoms with Crippen LogP contribution in [0.25, 0.3) is 0 Å². The minimum atomic E-state index is -4.52. The van der Waals surface area contributed by atoms with Crippen LogP contribution >= 0.6 is 15.9 Å². The van der Waals surface area contributed by atoms with Crippen LogP contribution in [0, 0.1) is 0 Å². The Kier molecular flexibility index (Phi) is 3.93. The Morgan fingerprint density at radius 1 is 1.44 bits per heavy atom. The van der Waals surface area contributed by atoms with E-state index in [1.54, 1.807) is 0 Å². The number of hydrogen-bond acceptors (Lipinski definition) is 3. The number of hydrogen-bond donors (Lipinski definition) is 1. The third kappa shape index (κ3) is 2.73. The molecule has 16 heavy (non-hydrogen) atoms. The van der Waals surface area contributed by atoms with E-state index in [2.05, 4.69) is 26.2 Å². The molecule has 0 aliphatic carbocycles. The van der Waals surface area contributed by atoms with Gasteiger partial charge in [-0.3, -0.25) is 0 Å². The van der Waals surface area contributed by atoms with Crippen LogP contribution in [0.1, 0.15) is 15.9 Å². The van der Waals surface area contributed by atoms with Crippen LogP contribution in [-0.4, -0.2) is 13.0 Å². The Balaban J connectivity index is 3.19.